The van der Waals surface area contributed by atoms with E-state index in [2.05, 4.69) is 4.98 Å². The molecule has 0 saturated carbocycles. The Hall–Kier alpha value is -2.11. The lowest BCUT2D eigenvalue weighted by molar-refractivity contribution is -0.135. The number of ether oxygens (including phenoxy) is 1. The summed E-state index contributed by atoms with van der Waals surface area (Å²) in [5.74, 6) is -0.936. The summed E-state index contributed by atoms with van der Waals surface area (Å²) in [6, 6.07) is -0.0755. The molecule has 1 aromatic rings. The number of aromatic nitrogens is 1. The van der Waals surface area contributed by atoms with E-state index >= 15 is 0 Å². The first-order valence-electron chi connectivity index (χ1n) is 7.72. The number of aromatic amines is 1. The Morgan fingerprint density at radius 1 is 1.13 bits per heavy atom. The van der Waals surface area contributed by atoms with Gasteiger partial charge in [-0.15, -0.1) is 0 Å². The van der Waals surface area contributed by atoms with Crippen molar-refractivity contribution >= 4 is 17.7 Å². The number of carbonyl (C=O) groups excluding carboxylic acids is 3. The molecule has 0 bridgehead atoms. The van der Waals surface area contributed by atoms with Gasteiger partial charge in [0.2, 0.25) is 5.91 Å². The van der Waals surface area contributed by atoms with Gasteiger partial charge in [-0.3, -0.25) is 9.59 Å². The lowest BCUT2D eigenvalue weighted by Gasteiger charge is -2.28. The van der Waals surface area contributed by atoms with E-state index in [4.69, 9.17) is 4.74 Å². The first-order chi connectivity index (χ1) is 10.6. The second-order valence-electron chi connectivity index (χ2n) is 6.25. The second kappa shape index (κ2) is 7.44. The summed E-state index contributed by atoms with van der Waals surface area (Å²) in [5.41, 5.74) is 1.89. The quantitative estimate of drug-likeness (QED) is 0.644. The molecule has 1 rings (SSSR count). The molecule has 0 spiro atoms. The van der Waals surface area contributed by atoms with Gasteiger partial charge in [0.1, 0.15) is 5.69 Å². The van der Waals surface area contributed by atoms with Gasteiger partial charge in [0.05, 0.1) is 13.7 Å². The average Bonchev–Trinajstić information content (AvgIpc) is 2.77. The molecule has 0 aliphatic rings. The maximum atomic E-state index is 12.7. The van der Waals surface area contributed by atoms with Crippen LogP contribution in [-0.2, 0) is 9.53 Å². The van der Waals surface area contributed by atoms with Gasteiger partial charge in [0.15, 0.2) is 5.78 Å². The van der Waals surface area contributed by atoms with Crippen molar-refractivity contribution in [1.29, 1.82) is 0 Å². The van der Waals surface area contributed by atoms with Crippen molar-refractivity contribution in [2.45, 2.75) is 47.6 Å². The number of carbonyl (C=O) groups is 3. The molecule has 1 aromatic heterocycles. The van der Waals surface area contributed by atoms with Gasteiger partial charge in [0, 0.05) is 23.2 Å². The molecular formula is C17H26N2O4. The van der Waals surface area contributed by atoms with E-state index < -0.39 is 5.97 Å². The van der Waals surface area contributed by atoms with Crippen molar-refractivity contribution in [3.63, 3.8) is 0 Å². The first-order valence-corrected chi connectivity index (χ1v) is 7.72. The van der Waals surface area contributed by atoms with Gasteiger partial charge >= 0.3 is 5.97 Å². The van der Waals surface area contributed by atoms with E-state index in [1.54, 1.807) is 18.7 Å². The van der Waals surface area contributed by atoms with Crippen LogP contribution in [0, 0.1) is 19.8 Å². The van der Waals surface area contributed by atoms with Crippen molar-refractivity contribution < 1.29 is 19.1 Å². The molecule has 0 fully saturated rings. The highest BCUT2D eigenvalue weighted by atomic mass is 16.5. The molecule has 1 amide bonds. The van der Waals surface area contributed by atoms with E-state index in [1.165, 1.54) is 7.11 Å². The van der Waals surface area contributed by atoms with Crippen LogP contribution < -0.4 is 0 Å². The minimum Gasteiger partial charge on any atom is -0.464 e. The molecule has 0 radical (unpaired) electrons. The average molecular weight is 322 g/mol. The second-order valence-corrected chi connectivity index (χ2v) is 6.25. The van der Waals surface area contributed by atoms with Crippen LogP contribution in [-0.4, -0.2) is 47.2 Å². The molecular weight excluding hydrogens is 296 g/mol. The number of hydrogen-bond acceptors (Lipinski definition) is 4. The highest BCUT2D eigenvalue weighted by molar-refractivity contribution is 6.04. The highest BCUT2D eigenvalue weighted by Gasteiger charge is 2.27. The van der Waals surface area contributed by atoms with Crippen LogP contribution in [0.4, 0.5) is 0 Å². The molecule has 0 aromatic carbocycles. The summed E-state index contributed by atoms with van der Waals surface area (Å²) in [4.78, 5) is 41.1. The maximum Gasteiger partial charge on any atom is 0.354 e. The van der Waals surface area contributed by atoms with Crippen LogP contribution in [0.2, 0.25) is 0 Å². The van der Waals surface area contributed by atoms with Gasteiger partial charge < -0.3 is 14.6 Å². The van der Waals surface area contributed by atoms with Gasteiger partial charge in [0.25, 0.3) is 0 Å². The summed E-state index contributed by atoms with van der Waals surface area (Å²) in [5, 5.41) is 0. The Morgan fingerprint density at radius 2 is 1.70 bits per heavy atom. The lowest BCUT2D eigenvalue weighted by Crippen LogP contribution is -2.43. The van der Waals surface area contributed by atoms with Crippen LogP contribution >= 0.6 is 0 Å². The zero-order chi connectivity index (χ0) is 17.9. The van der Waals surface area contributed by atoms with Gasteiger partial charge in [-0.1, -0.05) is 13.8 Å². The standard InChI is InChI=1S/C17H26N2O4/c1-9(2)16(21)19(10(3)4)8-13(20)14-11(5)15(17(22)23-7)18-12(14)6/h9-10,18H,8H2,1-7H3. The monoisotopic (exact) mass is 322 g/mol. The topological polar surface area (TPSA) is 79.5 Å². The number of nitrogens with one attached hydrogen (secondary N) is 1. The van der Waals surface area contributed by atoms with Crippen molar-refractivity contribution in [2.75, 3.05) is 13.7 Å². The largest absolute Gasteiger partial charge is 0.464 e. The molecule has 0 atom stereocenters. The number of esters is 1. The van der Waals surface area contributed by atoms with Crippen LogP contribution in [0.5, 0.6) is 0 Å². The number of rotatable bonds is 6. The lowest BCUT2D eigenvalue weighted by atomic mass is 10.0. The first kappa shape index (κ1) is 18.9. The van der Waals surface area contributed by atoms with E-state index in [1.807, 2.05) is 27.7 Å². The Labute approximate surface area is 137 Å². The van der Waals surface area contributed by atoms with Crippen molar-refractivity contribution in [3.05, 3.63) is 22.5 Å². The predicted molar refractivity (Wildman–Crippen MR) is 87.6 cm³/mol. The molecule has 23 heavy (non-hydrogen) atoms. The fraction of sp³-hybridized carbons (Fsp3) is 0.588. The molecule has 0 aliphatic heterocycles. The molecule has 1 heterocycles. The molecule has 1 N–H and O–H groups in total. The summed E-state index contributed by atoms with van der Waals surface area (Å²) >= 11 is 0. The Kier molecular flexibility index (Phi) is 6.12. The van der Waals surface area contributed by atoms with E-state index in [0.717, 1.165) is 0 Å². The molecule has 0 unspecified atom stereocenters. The Balaban J connectivity index is 3.12. The zero-order valence-electron chi connectivity index (χ0n) is 14.9. The predicted octanol–water partition coefficient (Wildman–Crippen LogP) is 2.49. The third kappa shape index (κ3) is 4.00. The van der Waals surface area contributed by atoms with E-state index in [-0.39, 0.29) is 35.9 Å². The number of methoxy groups -OCH3 is 1. The number of ketones is 1. The summed E-state index contributed by atoms with van der Waals surface area (Å²) < 4.78 is 4.71. The van der Waals surface area contributed by atoms with Gasteiger partial charge in [-0.25, -0.2) is 4.79 Å². The number of Topliss-reactive ketones (excluding diaryl/α,β-unsaturated/α-hetero) is 1. The number of hydrogen-bond donors (Lipinski definition) is 1. The zero-order valence-corrected chi connectivity index (χ0v) is 14.9. The summed E-state index contributed by atoms with van der Waals surface area (Å²) in [6.45, 7) is 10.8. The minimum atomic E-state index is -0.511. The number of nitrogens with zero attached hydrogens (tertiary/aromatic N) is 1. The smallest absolute Gasteiger partial charge is 0.354 e. The highest BCUT2D eigenvalue weighted by Crippen LogP contribution is 2.20. The van der Waals surface area contributed by atoms with Crippen LogP contribution in [0.1, 0.15) is 59.8 Å². The van der Waals surface area contributed by atoms with E-state index in [9.17, 15) is 14.4 Å². The van der Waals surface area contributed by atoms with Gasteiger partial charge in [-0.05, 0) is 33.3 Å². The van der Waals surface area contributed by atoms with Crippen molar-refractivity contribution in [2.24, 2.45) is 5.92 Å². The minimum absolute atomic E-state index is 0.00513. The molecule has 0 saturated heterocycles. The van der Waals surface area contributed by atoms with Crippen molar-refractivity contribution in [3.8, 4) is 0 Å². The SMILES string of the molecule is COC(=O)c1[nH]c(C)c(C(=O)CN(C(=O)C(C)C)C(C)C)c1C. The maximum absolute atomic E-state index is 12.7. The number of amides is 1. The van der Waals surface area contributed by atoms with Crippen LogP contribution in [0.25, 0.3) is 0 Å². The van der Waals surface area contributed by atoms with Crippen LogP contribution in [0.15, 0.2) is 0 Å². The normalized spacial score (nSPS) is 11.0. The number of aryl methyl sites for hydroxylation is 1. The molecule has 128 valence electrons. The molecule has 6 nitrogen and oxygen atoms in total. The summed E-state index contributed by atoms with van der Waals surface area (Å²) in [7, 11) is 1.29. The van der Waals surface area contributed by atoms with Gasteiger partial charge in [-0.2, -0.15) is 0 Å². The van der Waals surface area contributed by atoms with Crippen LogP contribution in [0.3, 0.4) is 0 Å². The molecule has 6 heteroatoms. The van der Waals surface area contributed by atoms with Crippen molar-refractivity contribution in [1.82, 2.24) is 9.88 Å². The van der Waals surface area contributed by atoms with E-state index in [0.29, 0.717) is 16.8 Å². The third-order valence-corrected chi connectivity index (χ3v) is 3.82. The fourth-order valence-corrected chi connectivity index (χ4v) is 2.55. The third-order valence-electron chi connectivity index (χ3n) is 3.82. The fourth-order valence-electron chi connectivity index (χ4n) is 2.55. The Morgan fingerprint density at radius 3 is 2.13 bits per heavy atom. The summed E-state index contributed by atoms with van der Waals surface area (Å²) in [6.07, 6.45) is 0. The Bertz CT molecular complexity index is 614. The number of H-pyrrole nitrogens is 1. The molecule has 0 aliphatic carbocycles.